The molecule has 0 aliphatic carbocycles. The van der Waals surface area contributed by atoms with Gasteiger partial charge in [-0.05, 0) is 36.4 Å². The van der Waals surface area contributed by atoms with Gasteiger partial charge in [-0.1, -0.05) is 34.3 Å². The summed E-state index contributed by atoms with van der Waals surface area (Å²) < 4.78 is 7.37. The zero-order chi connectivity index (χ0) is 15.1. The van der Waals surface area contributed by atoms with Crippen LogP contribution in [0.4, 0.5) is 10.3 Å². The SMILES string of the molecule is COc1ccc2nc(Nc3nc4ccc(Cl)cc4s3)sc2c1. The van der Waals surface area contributed by atoms with Crippen LogP contribution in [0.2, 0.25) is 5.02 Å². The summed E-state index contributed by atoms with van der Waals surface area (Å²) in [6.45, 7) is 0. The summed E-state index contributed by atoms with van der Waals surface area (Å²) in [4.78, 5) is 9.11. The van der Waals surface area contributed by atoms with E-state index in [1.165, 1.54) is 0 Å². The lowest BCUT2D eigenvalue weighted by Crippen LogP contribution is -1.87. The van der Waals surface area contributed by atoms with E-state index in [1.54, 1.807) is 29.8 Å². The quantitative estimate of drug-likeness (QED) is 0.545. The Hall–Kier alpha value is -1.89. The lowest BCUT2D eigenvalue weighted by Gasteiger charge is -1.96. The van der Waals surface area contributed by atoms with Gasteiger partial charge in [-0.2, -0.15) is 0 Å². The van der Waals surface area contributed by atoms with Gasteiger partial charge in [-0.15, -0.1) is 0 Å². The third-order valence-electron chi connectivity index (χ3n) is 3.16. The predicted molar refractivity (Wildman–Crippen MR) is 94.1 cm³/mol. The number of nitrogens with zero attached hydrogens (tertiary/aromatic N) is 2. The highest BCUT2D eigenvalue weighted by Crippen LogP contribution is 2.34. The first-order chi connectivity index (χ1) is 10.7. The number of nitrogens with one attached hydrogen (secondary N) is 1. The molecule has 0 atom stereocenters. The van der Waals surface area contributed by atoms with Crippen LogP contribution >= 0.6 is 34.3 Å². The Morgan fingerprint density at radius 3 is 2.27 bits per heavy atom. The highest BCUT2D eigenvalue weighted by molar-refractivity contribution is 7.24. The molecule has 22 heavy (non-hydrogen) atoms. The van der Waals surface area contributed by atoms with Crippen molar-refractivity contribution in [2.45, 2.75) is 0 Å². The molecule has 0 aliphatic heterocycles. The van der Waals surface area contributed by atoms with Gasteiger partial charge in [0, 0.05) is 5.02 Å². The van der Waals surface area contributed by atoms with Crippen LogP contribution in [0.1, 0.15) is 0 Å². The van der Waals surface area contributed by atoms with Gasteiger partial charge in [0.25, 0.3) is 0 Å². The molecule has 7 heteroatoms. The molecule has 110 valence electrons. The van der Waals surface area contributed by atoms with E-state index in [9.17, 15) is 0 Å². The molecule has 0 fully saturated rings. The molecule has 4 nitrogen and oxygen atoms in total. The van der Waals surface area contributed by atoms with Crippen LogP contribution in [0.5, 0.6) is 5.75 Å². The monoisotopic (exact) mass is 347 g/mol. The number of methoxy groups -OCH3 is 1. The molecule has 0 bridgehead atoms. The van der Waals surface area contributed by atoms with Crippen LogP contribution in [-0.4, -0.2) is 17.1 Å². The number of hydrogen-bond acceptors (Lipinski definition) is 6. The standard InChI is InChI=1S/C15H10ClN3OS2/c1-20-9-3-5-11-13(7-9)22-15(18-11)19-14-17-10-4-2-8(16)6-12(10)21-14/h2-7H,1H3,(H,17,18,19). The third kappa shape index (κ3) is 2.49. The maximum absolute atomic E-state index is 6.01. The van der Waals surface area contributed by atoms with Crippen LogP contribution in [0.15, 0.2) is 36.4 Å². The van der Waals surface area contributed by atoms with Gasteiger partial charge < -0.3 is 10.1 Å². The van der Waals surface area contributed by atoms with E-state index in [2.05, 4.69) is 15.3 Å². The Morgan fingerprint density at radius 1 is 0.955 bits per heavy atom. The van der Waals surface area contributed by atoms with Crippen molar-refractivity contribution in [3.63, 3.8) is 0 Å². The van der Waals surface area contributed by atoms with E-state index in [0.717, 1.165) is 41.5 Å². The van der Waals surface area contributed by atoms with Crippen LogP contribution in [0, 0.1) is 0 Å². The molecule has 1 N–H and O–H groups in total. The average Bonchev–Trinajstić information content (AvgIpc) is 3.08. The molecular weight excluding hydrogens is 338 g/mol. The fourth-order valence-corrected chi connectivity index (χ4v) is 4.23. The summed E-state index contributed by atoms with van der Waals surface area (Å²) >= 11 is 9.14. The Balaban J connectivity index is 1.69. The number of ether oxygens (including phenoxy) is 1. The van der Waals surface area contributed by atoms with Crippen molar-refractivity contribution in [3.05, 3.63) is 41.4 Å². The van der Waals surface area contributed by atoms with Gasteiger partial charge in [0.05, 0.1) is 27.5 Å². The largest absolute Gasteiger partial charge is 0.497 e. The number of thiazole rings is 2. The van der Waals surface area contributed by atoms with E-state index in [-0.39, 0.29) is 0 Å². The molecule has 2 aromatic carbocycles. The second-order valence-electron chi connectivity index (χ2n) is 4.61. The van der Waals surface area contributed by atoms with Crippen LogP contribution in [0.3, 0.4) is 0 Å². The number of benzene rings is 2. The molecule has 0 saturated heterocycles. The molecular formula is C15H10ClN3OS2. The molecule has 0 saturated carbocycles. The van der Waals surface area contributed by atoms with E-state index in [0.29, 0.717) is 0 Å². The molecule has 0 unspecified atom stereocenters. The molecule has 2 aromatic heterocycles. The van der Waals surface area contributed by atoms with Crippen molar-refractivity contribution in [1.29, 1.82) is 0 Å². The van der Waals surface area contributed by atoms with E-state index >= 15 is 0 Å². The third-order valence-corrected chi connectivity index (χ3v) is 5.26. The highest BCUT2D eigenvalue weighted by atomic mass is 35.5. The Kier molecular flexibility index (Phi) is 3.37. The van der Waals surface area contributed by atoms with Gasteiger partial charge in [0.2, 0.25) is 0 Å². The van der Waals surface area contributed by atoms with Crippen molar-refractivity contribution in [2.75, 3.05) is 12.4 Å². The molecule has 0 aliphatic rings. The summed E-state index contributed by atoms with van der Waals surface area (Å²) in [5, 5.41) is 5.61. The summed E-state index contributed by atoms with van der Waals surface area (Å²) in [6.07, 6.45) is 0. The van der Waals surface area contributed by atoms with Gasteiger partial charge in [-0.3, -0.25) is 0 Å². The lowest BCUT2D eigenvalue weighted by atomic mass is 10.3. The normalized spacial score (nSPS) is 11.2. The minimum absolute atomic E-state index is 0.717. The average molecular weight is 348 g/mol. The number of fused-ring (bicyclic) bond motifs is 2. The second-order valence-corrected chi connectivity index (χ2v) is 7.11. The summed E-state index contributed by atoms with van der Waals surface area (Å²) in [5.74, 6) is 0.831. The molecule has 0 radical (unpaired) electrons. The van der Waals surface area contributed by atoms with Crippen molar-refractivity contribution >= 4 is 65.0 Å². The van der Waals surface area contributed by atoms with Gasteiger partial charge in [0.15, 0.2) is 10.3 Å². The number of halogens is 1. The number of rotatable bonds is 3. The molecule has 0 spiro atoms. The fourth-order valence-electron chi connectivity index (χ4n) is 2.13. The summed E-state index contributed by atoms with van der Waals surface area (Å²) in [7, 11) is 1.66. The number of anilines is 2. The Labute approximate surface area is 139 Å². The topological polar surface area (TPSA) is 47.0 Å². The van der Waals surface area contributed by atoms with Crippen LogP contribution in [-0.2, 0) is 0 Å². The van der Waals surface area contributed by atoms with Crippen molar-refractivity contribution in [3.8, 4) is 5.75 Å². The Morgan fingerprint density at radius 2 is 1.59 bits per heavy atom. The molecule has 2 heterocycles. The first-order valence-electron chi connectivity index (χ1n) is 6.49. The van der Waals surface area contributed by atoms with E-state index < -0.39 is 0 Å². The van der Waals surface area contributed by atoms with Crippen molar-refractivity contribution in [2.24, 2.45) is 0 Å². The summed E-state index contributed by atoms with van der Waals surface area (Å²) in [5.41, 5.74) is 1.87. The minimum atomic E-state index is 0.717. The van der Waals surface area contributed by atoms with Gasteiger partial charge >= 0.3 is 0 Å². The first kappa shape index (κ1) is 13.8. The first-order valence-corrected chi connectivity index (χ1v) is 8.50. The zero-order valence-corrected chi connectivity index (χ0v) is 13.9. The van der Waals surface area contributed by atoms with Crippen LogP contribution < -0.4 is 10.1 Å². The molecule has 0 amide bonds. The molecule has 4 rings (SSSR count). The minimum Gasteiger partial charge on any atom is -0.497 e. The van der Waals surface area contributed by atoms with Crippen LogP contribution in [0.25, 0.3) is 20.4 Å². The molecule has 4 aromatic rings. The highest BCUT2D eigenvalue weighted by Gasteiger charge is 2.09. The summed E-state index contributed by atoms with van der Waals surface area (Å²) in [6, 6.07) is 11.5. The smallest absolute Gasteiger partial charge is 0.190 e. The van der Waals surface area contributed by atoms with Gasteiger partial charge in [0.1, 0.15) is 5.75 Å². The maximum Gasteiger partial charge on any atom is 0.190 e. The van der Waals surface area contributed by atoms with Crippen molar-refractivity contribution in [1.82, 2.24) is 9.97 Å². The number of aromatic nitrogens is 2. The zero-order valence-electron chi connectivity index (χ0n) is 11.5. The maximum atomic E-state index is 6.01. The van der Waals surface area contributed by atoms with E-state index in [4.69, 9.17) is 16.3 Å². The van der Waals surface area contributed by atoms with E-state index in [1.807, 2.05) is 36.4 Å². The number of hydrogen-bond donors (Lipinski definition) is 1. The Bertz CT molecular complexity index is 979. The fraction of sp³-hybridized carbons (Fsp3) is 0.0667. The van der Waals surface area contributed by atoms with Crippen molar-refractivity contribution < 1.29 is 4.74 Å². The second kappa shape index (κ2) is 5.39. The lowest BCUT2D eigenvalue weighted by molar-refractivity contribution is 0.415. The van der Waals surface area contributed by atoms with Gasteiger partial charge in [-0.25, -0.2) is 9.97 Å². The predicted octanol–water partition coefficient (Wildman–Crippen LogP) is 5.31.